The van der Waals surface area contributed by atoms with Gasteiger partial charge in [0, 0.05) is 54.6 Å². The molecule has 4 atom stereocenters. The number of amides is 4. The molecule has 0 bridgehead atoms. The Morgan fingerprint density at radius 3 is 2.05 bits per heavy atom. The van der Waals surface area contributed by atoms with Crippen LogP contribution in [-0.4, -0.2) is 172 Å². The van der Waals surface area contributed by atoms with E-state index in [0.717, 1.165) is 39.5 Å². The molecule has 0 saturated carbocycles. The number of halogens is 3. The number of pyridine rings is 2. The van der Waals surface area contributed by atoms with Crippen LogP contribution in [0.2, 0.25) is 0 Å². The molecule has 2 aromatic carbocycles. The third-order valence-electron chi connectivity index (χ3n) is 13.5. The van der Waals surface area contributed by atoms with E-state index in [2.05, 4.69) is 35.8 Å². The molecular formula is C58H73F3N8O12S. The van der Waals surface area contributed by atoms with E-state index in [1.165, 1.54) is 23.2 Å². The molecule has 0 aliphatic carbocycles. The lowest BCUT2D eigenvalue weighted by Gasteiger charge is -2.35. The maximum Gasteiger partial charge on any atom is 0.416 e. The number of hydrogen-bond acceptors (Lipinski definition) is 17. The molecule has 0 spiro atoms. The van der Waals surface area contributed by atoms with Gasteiger partial charge in [0.2, 0.25) is 23.6 Å². The number of nitrogens with one attached hydrogen (secondary N) is 3. The molecule has 2 aliphatic heterocycles. The first-order chi connectivity index (χ1) is 39.3. The first-order valence-corrected chi connectivity index (χ1v) is 28.0. The van der Waals surface area contributed by atoms with Crippen LogP contribution in [0.3, 0.4) is 0 Å². The predicted octanol–water partition coefficient (Wildman–Crippen LogP) is 6.82. The number of thiazole rings is 1. The molecular weight excluding hydrogens is 1090 g/mol. The monoisotopic (exact) mass is 1160 g/mol. The lowest BCUT2D eigenvalue weighted by molar-refractivity contribution is -0.144. The van der Waals surface area contributed by atoms with Gasteiger partial charge in [-0.3, -0.25) is 24.2 Å². The lowest BCUT2D eigenvalue weighted by atomic mass is 9.85. The number of aromatic nitrogens is 3. The van der Waals surface area contributed by atoms with Crippen molar-refractivity contribution in [3.05, 3.63) is 107 Å². The minimum absolute atomic E-state index is 0.0415. The third kappa shape index (κ3) is 18.2. The highest BCUT2D eigenvalue weighted by molar-refractivity contribution is 7.13. The number of carbonyl (C=O) groups is 4. The van der Waals surface area contributed by atoms with Gasteiger partial charge in [-0.2, -0.15) is 13.2 Å². The minimum Gasteiger partial charge on any atom is -0.474 e. The Labute approximate surface area is 479 Å². The van der Waals surface area contributed by atoms with Gasteiger partial charge in [-0.05, 0) is 67.6 Å². The molecule has 0 unspecified atom stereocenters. The molecule has 82 heavy (non-hydrogen) atoms. The number of aryl methyl sites for hydroxylation is 2. The molecule has 24 heteroatoms. The number of likely N-dealkylation sites (tertiary alicyclic amines) is 1. The number of ether oxygens (including phenoxy) is 7. The second kappa shape index (κ2) is 30.1. The maximum absolute atomic E-state index is 14.0. The first-order valence-electron chi connectivity index (χ1n) is 27.2. The van der Waals surface area contributed by atoms with Crippen LogP contribution in [-0.2, 0) is 49.0 Å². The molecule has 7 rings (SSSR count). The van der Waals surface area contributed by atoms with Crippen molar-refractivity contribution in [2.75, 3.05) is 116 Å². The van der Waals surface area contributed by atoms with Crippen LogP contribution in [0.5, 0.6) is 5.88 Å². The predicted molar refractivity (Wildman–Crippen MR) is 301 cm³/mol. The Kier molecular flexibility index (Phi) is 23.1. The van der Waals surface area contributed by atoms with Crippen molar-refractivity contribution in [3.8, 4) is 27.4 Å². The van der Waals surface area contributed by atoms with E-state index in [1.54, 1.807) is 36.0 Å². The van der Waals surface area contributed by atoms with Crippen LogP contribution in [0.25, 0.3) is 21.6 Å². The molecule has 2 aliphatic rings. The number of carbonyl (C=O) groups excluding carboxylic acids is 4. The third-order valence-corrected chi connectivity index (χ3v) is 14.5. The van der Waals surface area contributed by atoms with E-state index < -0.39 is 59.0 Å². The summed E-state index contributed by atoms with van der Waals surface area (Å²) >= 11 is 1.56. The zero-order valence-electron chi connectivity index (χ0n) is 47.1. The number of hydrogen-bond donors (Lipinski definition) is 4. The SMILES string of the molecule is Cc1ncc(NC(=O)c2cccc(C(F)(F)F)c2)cc1-c1cnc(OCCOCCOCCOCCOCCOCC(=O)N[C@@H](C(=O)N2C[C@H](O)C[C@H]2C(=O)N[C@@H](C)c2ccc(-c3scnc3C)cc2)C(C)(C)C)c(N2CCOCC2)c1. The Hall–Kier alpha value is -6.64. The van der Waals surface area contributed by atoms with E-state index in [-0.39, 0.29) is 64.2 Å². The number of anilines is 2. The van der Waals surface area contributed by atoms with Crippen molar-refractivity contribution in [2.24, 2.45) is 5.41 Å². The van der Waals surface area contributed by atoms with Crippen molar-refractivity contribution >= 4 is 46.3 Å². The van der Waals surface area contributed by atoms with Crippen LogP contribution in [0.15, 0.2) is 78.6 Å². The summed E-state index contributed by atoms with van der Waals surface area (Å²) in [6.45, 7) is 15.7. The van der Waals surface area contributed by atoms with Crippen LogP contribution in [0.4, 0.5) is 24.5 Å². The van der Waals surface area contributed by atoms with Gasteiger partial charge in [-0.15, -0.1) is 11.3 Å². The van der Waals surface area contributed by atoms with Gasteiger partial charge in [0.15, 0.2) is 0 Å². The van der Waals surface area contributed by atoms with Gasteiger partial charge < -0.3 is 64.0 Å². The quantitative estimate of drug-likeness (QED) is 0.0376. The number of morpholine rings is 1. The maximum atomic E-state index is 14.0. The zero-order valence-corrected chi connectivity index (χ0v) is 47.9. The van der Waals surface area contributed by atoms with E-state index in [0.29, 0.717) is 87.7 Å². The molecule has 20 nitrogen and oxygen atoms in total. The van der Waals surface area contributed by atoms with Crippen molar-refractivity contribution < 1.29 is 70.6 Å². The van der Waals surface area contributed by atoms with E-state index >= 15 is 0 Å². The molecule has 4 N–H and O–H groups in total. The Morgan fingerprint density at radius 2 is 1.43 bits per heavy atom. The van der Waals surface area contributed by atoms with Gasteiger partial charge in [0.25, 0.3) is 5.91 Å². The largest absolute Gasteiger partial charge is 0.474 e. The minimum atomic E-state index is -4.59. The average Bonchev–Trinajstić information content (AvgIpc) is 4.21. The fourth-order valence-electron chi connectivity index (χ4n) is 9.12. The summed E-state index contributed by atoms with van der Waals surface area (Å²) < 4.78 is 79.6. The molecule has 2 saturated heterocycles. The van der Waals surface area contributed by atoms with Crippen LogP contribution in [0, 0.1) is 19.3 Å². The van der Waals surface area contributed by atoms with Crippen LogP contribution >= 0.6 is 11.3 Å². The summed E-state index contributed by atoms with van der Waals surface area (Å²) in [6.07, 6.45) is -2.34. The highest BCUT2D eigenvalue weighted by atomic mass is 32.1. The smallest absolute Gasteiger partial charge is 0.416 e. The molecule has 5 aromatic rings. The van der Waals surface area contributed by atoms with Gasteiger partial charge in [0.05, 0.1) is 118 Å². The first kappa shape index (κ1) is 63.0. The van der Waals surface area contributed by atoms with Crippen molar-refractivity contribution in [1.82, 2.24) is 30.5 Å². The number of aliphatic hydroxyl groups excluding tert-OH is 1. The Morgan fingerprint density at radius 1 is 0.780 bits per heavy atom. The van der Waals surface area contributed by atoms with Crippen LogP contribution < -0.4 is 25.6 Å². The number of rotatable bonds is 28. The van der Waals surface area contributed by atoms with Gasteiger partial charge in [0.1, 0.15) is 31.0 Å². The number of alkyl halides is 3. The topological polar surface area (TPSA) is 234 Å². The second-order valence-corrected chi connectivity index (χ2v) is 21.6. The second-order valence-electron chi connectivity index (χ2n) is 20.8. The fourth-order valence-corrected chi connectivity index (χ4v) is 9.94. The standard InChI is InChI=1S/C58H73F3N8O12S/c1-37(40-10-12-41(13-11-40)51-39(3)64-36-82-51)65-54(73)48-31-46(70)34-69(48)56(74)52(57(4,5)6)67-50(71)35-80-25-24-78-21-20-76-18-19-77-22-23-79-26-27-81-55-49(68-14-16-75-17-15-68)29-43(32-63-55)47-30-45(33-62-38(47)2)66-53(72)42-8-7-9-44(28-42)58(59,60)61/h7-13,28-30,32-33,36-37,46,48,52,70H,14-27,31,34-35H2,1-6H3,(H,65,73)(H,66,72)(H,67,71)/t37-,46+,48-,52-/m0/s1. The summed E-state index contributed by atoms with van der Waals surface area (Å²) in [4.78, 5) is 71.6. The molecule has 3 aromatic heterocycles. The molecule has 5 heterocycles. The van der Waals surface area contributed by atoms with Crippen molar-refractivity contribution in [3.63, 3.8) is 0 Å². The van der Waals surface area contributed by atoms with E-state index in [9.17, 15) is 37.5 Å². The number of aliphatic hydroxyl groups is 1. The summed E-state index contributed by atoms with van der Waals surface area (Å²) in [7, 11) is 0. The molecule has 4 amide bonds. The van der Waals surface area contributed by atoms with Gasteiger partial charge in [-0.1, -0.05) is 51.1 Å². The molecule has 2 fully saturated rings. The van der Waals surface area contributed by atoms with Crippen LogP contribution in [0.1, 0.15) is 73.0 Å². The normalized spacial score (nSPS) is 16.4. The zero-order chi connectivity index (χ0) is 58.8. The summed E-state index contributed by atoms with van der Waals surface area (Å²) in [5.41, 5.74) is 5.92. The molecule has 0 radical (unpaired) electrons. The number of β-amino-alcohol motifs (C(OH)–C–C–N with tert-alkyl or cyclic N) is 1. The summed E-state index contributed by atoms with van der Waals surface area (Å²) in [5, 5.41) is 19.1. The Balaban J connectivity index is 0.741. The fraction of sp³-hybridized carbons (Fsp3) is 0.500. The van der Waals surface area contributed by atoms with E-state index in [1.807, 2.05) is 65.0 Å². The highest BCUT2D eigenvalue weighted by Crippen LogP contribution is 2.35. The summed E-state index contributed by atoms with van der Waals surface area (Å²) in [5.74, 6) is -1.68. The summed E-state index contributed by atoms with van der Waals surface area (Å²) in [6, 6.07) is 13.4. The van der Waals surface area contributed by atoms with Gasteiger partial charge >= 0.3 is 6.18 Å². The average molecular weight is 1160 g/mol. The van der Waals surface area contributed by atoms with Gasteiger partial charge in [-0.25, -0.2) is 9.97 Å². The van der Waals surface area contributed by atoms with E-state index in [4.69, 9.17) is 33.2 Å². The van der Waals surface area contributed by atoms with Crippen molar-refractivity contribution in [1.29, 1.82) is 0 Å². The number of benzene rings is 2. The Bertz CT molecular complexity index is 2900. The highest BCUT2D eigenvalue weighted by Gasteiger charge is 2.45. The van der Waals surface area contributed by atoms with Crippen molar-refractivity contribution in [2.45, 2.75) is 78.4 Å². The number of nitrogens with zero attached hydrogens (tertiary/aromatic N) is 5. The molecule has 444 valence electrons. The lowest BCUT2D eigenvalue weighted by Crippen LogP contribution is -2.58.